The number of hydrogen-bond donors (Lipinski definition) is 2. The smallest absolute Gasteiger partial charge is 0.354 e. The average Bonchev–Trinajstić information content (AvgIpc) is 2.84. The van der Waals surface area contributed by atoms with E-state index in [0.29, 0.717) is 30.1 Å². The van der Waals surface area contributed by atoms with Gasteiger partial charge in [0.1, 0.15) is 5.69 Å². The van der Waals surface area contributed by atoms with E-state index >= 15 is 0 Å². The minimum atomic E-state index is -0.430. The Morgan fingerprint density at radius 2 is 2.00 bits per heavy atom. The van der Waals surface area contributed by atoms with Crippen LogP contribution in [0, 0.1) is 0 Å². The van der Waals surface area contributed by atoms with Gasteiger partial charge in [0.15, 0.2) is 0 Å². The van der Waals surface area contributed by atoms with Crippen molar-refractivity contribution in [3.8, 4) is 0 Å². The van der Waals surface area contributed by atoms with Crippen LogP contribution in [0.25, 0.3) is 5.57 Å². The van der Waals surface area contributed by atoms with Crippen LogP contribution in [-0.4, -0.2) is 36.2 Å². The number of carbonyl (C=O) groups is 2. The molecule has 23 heavy (non-hydrogen) atoms. The number of H-pyrrole nitrogens is 1. The van der Waals surface area contributed by atoms with Crippen LogP contribution in [0.2, 0.25) is 0 Å². The van der Waals surface area contributed by atoms with Gasteiger partial charge in [-0.05, 0) is 32.4 Å². The Bertz CT molecular complexity index is 641. The Labute approximate surface area is 136 Å². The molecule has 0 aromatic carbocycles. The Morgan fingerprint density at radius 1 is 1.30 bits per heavy atom. The summed E-state index contributed by atoms with van der Waals surface area (Å²) in [7, 11) is 0. The largest absolute Gasteiger partial charge is 0.461 e. The average molecular weight is 320 g/mol. The highest BCUT2D eigenvalue weighted by atomic mass is 16.5. The molecule has 0 fully saturated rings. The van der Waals surface area contributed by atoms with E-state index in [9.17, 15) is 9.59 Å². The van der Waals surface area contributed by atoms with Gasteiger partial charge in [0.25, 0.3) is 0 Å². The number of fused-ring (bicyclic) bond motifs is 1. The molecular formula is C17H24N2O4. The van der Waals surface area contributed by atoms with Crippen LogP contribution in [0.1, 0.15) is 56.4 Å². The SMILES string of the molecule is CCOC(=O)c1cc2c([nH]1)C(C(=O)OC(C)C)=CNCC2(C)C. The lowest BCUT2D eigenvalue weighted by molar-refractivity contribution is -0.140. The number of aromatic amines is 1. The van der Waals surface area contributed by atoms with E-state index in [-0.39, 0.29) is 11.5 Å². The number of esters is 2. The van der Waals surface area contributed by atoms with E-state index in [1.54, 1.807) is 33.0 Å². The van der Waals surface area contributed by atoms with E-state index < -0.39 is 11.9 Å². The van der Waals surface area contributed by atoms with Crippen molar-refractivity contribution in [2.75, 3.05) is 13.2 Å². The fourth-order valence-electron chi connectivity index (χ4n) is 2.53. The molecule has 1 aliphatic heterocycles. The van der Waals surface area contributed by atoms with E-state index in [1.165, 1.54) is 0 Å². The van der Waals surface area contributed by atoms with Crippen molar-refractivity contribution < 1.29 is 19.1 Å². The third-order valence-corrected chi connectivity index (χ3v) is 3.66. The molecule has 1 aromatic heterocycles. The van der Waals surface area contributed by atoms with Gasteiger partial charge in [-0.15, -0.1) is 0 Å². The molecule has 2 heterocycles. The van der Waals surface area contributed by atoms with Gasteiger partial charge in [0.05, 0.1) is 24.0 Å². The molecule has 0 saturated heterocycles. The first-order valence-corrected chi connectivity index (χ1v) is 7.81. The predicted molar refractivity (Wildman–Crippen MR) is 87.0 cm³/mol. The van der Waals surface area contributed by atoms with Crippen LogP contribution in [-0.2, 0) is 19.7 Å². The zero-order chi connectivity index (χ0) is 17.2. The molecule has 0 radical (unpaired) electrons. The van der Waals surface area contributed by atoms with Crippen LogP contribution in [0.4, 0.5) is 0 Å². The molecule has 0 atom stereocenters. The zero-order valence-corrected chi connectivity index (χ0v) is 14.3. The third-order valence-electron chi connectivity index (χ3n) is 3.66. The summed E-state index contributed by atoms with van der Waals surface area (Å²) < 4.78 is 10.3. The Morgan fingerprint density at radius 3 is 2.61 bits per heavy atom. The molecule has 126 valence electrons. The zero-order valence-electron chi connectivity index (χ0n) is 14.3. The van der Waals surface area contributed by atoms with Crippen LogP contribution in [0.5, 0.6) is 0 Å². The minimum absolute atomic E-state index is 0.220. The fourth-order valence-corrected chi connectivity index (χ4v) is 2.53. The number of rotatable bonds is 4. The first-order valence-electron chi connectivity index (χ1n) is 7.81. The van der Waals surface area contributed by atoms with Crippen molar-refractivity contribution in [1.29, 1.82) is 0 Å². The quantitative estimate of drug-likeness (QED) is 0.833. The van der Waals surface area contributed by atoms with Gasteiger partial charge in [-0.25, -0.2) is 9.59 Å². The second-order valence-electron chi connectivity index (χ2n) is 6.47. The summed E-state index contributed by atoms with van der Waals surface area (Å²) >= 11 is 0. The van der Waals surface area contributed by atoms with Crippen molar-refractivity contribution >= 4 is 17.5 Å². The lowest BCUT2D eigenvalue weighted by atomic mass is 9.84. The number of ether oxygens (including phenoxy) is 2. The maximum atomic E-state index is 12.4. The molecule has 6 nitrogen and oxygen atoms in total. The molecule has 0 aliphatic carbocycles. The second-order valence-corrected chi connectivity index (χ2v) is 6.47. The van der Waals surface area contributed by atoms with Gasteiger partial charge in [-0.1, -0.05) is 13.8 Å². The van der Waals surface area contributed by atoms with Gasteiger partial charge in [-0.3, -0.25) is 0 Å². The Balaban J connectivity index is 2.48. The fraction of sp³-hybridized carbons (Fsp3) is 0.529. The Hall–Kier alpha value is -2.24. The molecule has 1 aliphatic rings. The van der Waals surface area contributed by atoms with E-state index in [0.717, 1.165) is 5.56 Å². The van der Waals surface area contributed by atoms with Gasteiger partial charge >= 0.3 is 11.9 Å². The monoisotopic (exact) mass is 320 g/mol. The lowest BCUT2D eigenvalue weighted by Crippen LogP contribution is -2.29. The topological polar surface area (TPSA) is 80.4 Å². The number of carbonyl (C=O) groups excluding carboxylic acids is 2. The first-order chi connectivity index (χ1) is 10.8. The minimum Gasteiger partial charge on any atom is -0.461 e. The van der Waals surface area contributed by atoms with Gasteiger partial charge in [0, 0.05) is 18.2 Å². The van der Waals surface area contributed by atoms with Crippen molar-refractivity contribution in [2.45, 2.75) is 46.1 Å². The van der Waals surface area contributed by atoms with Crippen molar-refractivity contribution in [3.63, 3.8) is 0 Å². The summed E-state index contributed by atoms with van der Waals surface area (Å²) in [5, 5.41) is 3.15. The third kappa shape index (κ3) is 3.57. The molecule has 0 amide bonds. The molecule has 6 heteroatoms. The summed E-state index contributed by atoms with van der Waals surface area (Å²) in [6.45, 7) is 10.4. The highest BCUT2D eigenvalue weighted by Gasteiger charge is 2.33. The van der Waals surface area contributed by atoms with Crippen LogP contribution in [0.15, 0.2) is 12.3 Å². The molecule has 1 aromatic rings. The summed E-state index contributed by atoms with van der Waals surface area (Å²) in [6, 6.07) is 1.76. The highest BCUT2D eigenvalue weighted by molar-refractivity contribution is 6.16. The standard InChI is InChI=1S/C17H24N2O4/c1-6-22-16(21)13-7-12-14(19-13)11(15(20)23-10(2)3)8-18-9-17(12,4)5/h7-8,10,18-19H,6,9H2,1-5H3. The van der Waals surface area contributed by atoms with Crippen molar-refractivity contribution in [3.05, 3.63) is 29.2 Å². The molecule has 0 saturated carbocycles. The summed E-state index contributed by atoms with van der Waals surface area (Å²) in [4.78, 5) is 27.4. The number of aromatic nitrogens is 1. The van der Waals surface area contributed by atoms with Crippen LogP contribution in [0.3, 0.4) is 0 Å². The van der Waals surface area contributed by atoms with Crippen molar-refractivity contribution in [1.82, 2.24) is 10.3 Å². The van der Waals surface area contributed by atoms with Crippen LogP contribution >= 0.6 is 0 Å². The lowest BCUT2D eigenvalue weighted by Gasteiger charge is -2.23. The molecule has 2 N–H and O–H groups in total. The van der Waals surface area contributed by atoms with Crippen LogP contribution < -0.4 is 5.32 Å². The van der Waals surface area contributed by atoms with Gasteiger partial charge in [-0.2, -0.15) is 0 Å². The molecule has 0 spiro atoms. The number of hydrogen-bond acceptors (Lipinski definition) is 5. The molecule has 0 bridgehead atoms. The normalized spacial score (nSPS) is 16.0. The highest BCUT2D eigenvalue weighted by Crippen LogP contribution is 2.33. The maximum Gasteiger partial charge on any atom is 0.354 e. The molecule has 0 unspecified atom stereocenters. The summed E-state index contributed by atoms with van der Waals surface area (Å²) in [5.41, 5.74) is 1.96. The van der Waals surface area contributed by atoms with E-state index in [1.807, 2.05) is 13.8 Å². The summed E-state index contributed by atoms with van der Waals surface area (Å²) in [6.07, 6.45) is 1.42. The first kappa shape index (κ1) is 17.1. The van der Waals surface area contributed by atoms with E-state index in [2.05, 4.69) is 10.3 Å². The number of nitrogens with one attached hydrogen (secondary N) is 2. The second kappa shape index (κ2) is 6.48. The van der Waals surface area contributed by atoms with E-state index in [4.69, 9.17) is 9.47 Å². The molecular weight excluding hydrogens is 296 g/mol. The maximum absolute atomic E-state index is 12.4. The predicted octanol–water partition coefficient (Wildman–Crippen LogP) is 2.36. The Kier molecular flexibility index (Phi) is 4.82. The summed E-state index contributed by atoms with van der Waals surface area (Å²) in [5.74, 6) is -0.857. The van der Waals surface area contributed by atoms with Gasteiger partial charge < -0.3 is 19.8 Å². The molecule has 2 rings (SSSR count). The van der Waals surface area contributed by atoms with Crippen molar-refractivity contribution in [2.24, 2.45) is 0 Å². The van der Waals surface area contributed by atoms with Gasteiger partial charge in [0.2, 0.25) is 0 Å².